The average molecular weight is 254 g/mol. The number of thiocarbonyl (C=S) groups is 1. The van der Waals surface area contributed by atoms with Crippen molar-refractivity contribution >= 4 is 17.3 Å². The number of likely N-dealkylation sites (tertiary alicyclic amines) is 1. The molecule has 0 aliphatic carbocycles. The van der Waals surface area contributed by atoms with Crippen LogP contribution in [0.3, 0.4) is 0 Å². The van der Waals surface area contributed by atoms with Gasteiger partial charge in [-0.2, -0.15) is 0 Å². The molecule has 1 aliphatic rings. The summed E-state index contributed by atoms with van der Waals surface area (Å²) in [6, 6.07) is 3.94. The molecule has 1 aromatic rings. The molecule has 94 valence electrons. The Morgan fingerprint density at radius 2 is 2.47 bits per heavy atom. The first-order chi connectivity index (χ1) is 8.31. The lowest BCUT2D eigenvalue weighted by molar-refractivity contribution is 0.146. The summed E-state index contributed by atoms with van der Waals surface area (Å²) >= 11 is 5.35. The van der Waals surface area contributed by atoms with Crippen LogP contribution in [0.1, 0.15) is 25.0 Å². The Labute approximate surface area is 107 Å². The molecule has 5 heteroatoms. The minimum absolute atomic E-state index is 0.167. The first kappa shape index (κ1) is 12.4. The van der Waals surface area contributed by atoms with Gasteiger partial charge < -0.3 is 19.7 Å². The summed E-state index contributed by atoms with van der Waals surface area (Å²) in [6.45, 7) is 1.69. The van der Waals surface area contributed by atoms with Gasteiger partial charge in [0.05, 0.1) is 25.5 Å². The van der Waals surface area contributed by atoms with E-state index in [1.165, 1.54) is 6.42 Å². The van der Waals surface area contributed by atoms with Gasteiger partial charge in [0, 0.05) is 6.54 Å². The van der Waals surface area contributed by atoms with Gasteiger partial charge in [-0.3, -0.25) is 0 Å². The number of nitrogens with zero attached hydrogens (tertiary/aromatic N) is 1. The zero-order valence-corrected chi connectivity index (χ0v) is 10.6. The predicted octanol–water partition coefficient (Wildman–Crippen LogP) is 1.50. The van der Waals surface area contributed by atoms with E-state index < -0.39 is 0 Å². The van der Waals surface area contributed by atoms with Crippen LogP contribution in [-0.2, 0) is 6.54 Å². The zero-order valence-electron chi connectivity index (χ0n) is 9.76. The smallest absolute Gasteiger partial charge is 0.169 e. The lowest BCUT2D eigenvalue weighted by Crippen LogP contribution is -2.49. The average Bonchev–Trinajstić information content (AvgIpc) is 2.89. The maximum atomic E-state index is 9.31. The lowest BCUT2D eigenvalue weighted by atomic mass is 10.0. The van der Waals surface area contributed by atoms with Crippen LogP contribution in [0.5, 0.6) is 0 Å². The van der Waals surface area contributed by atoms with Crippen LogP contribution in [0.4, 0.5) is 0 Å². The van der Waals surface area contributed by atoms with Crippen LogP contribution >= 0.6 is 12.2 Å². The van der Waals surface area contributed by atoms with Crippen molar-refractivity contribution in [3.8, 4) is 0 Å². The van der Waals surface area contributed by atoms with Gasteiger partial charge in [0.1, 0.15) is 5.76 Å². The minimum atomic E-state index is 0.167. The van der Waals surface area contributed by atoms with E-state index in [9.17, 15) is 5.11 Å². The van der Waals surface area contributed by atoms with Crippen LogP contribution in [0.2, 0.25) is 0 Å². The molecule has 1 atom stereocenters. The van der Waals surface area contributed by atoms with E-state index in [1.54, 1.807) is 6.26 Å². The molecule has 1 fully saturated rings. The van der Waals surface area contributed by atoms with E-state index in [4.69, 9.17) is 16.6 Å². The second kappa shape index (κ2) is 6.02. The largest absolute Gasteiger partial charge is 0.467 e. The van der Waals surface area contributed by atoms with Crippen molar-refractivity contribution in [3.63, 3.8) is 0 Å². The molecule has 0 bridgehead atoms. The van der Waals surface area contributed by atoms with Crippen molar-refractivity contribution in [1.82, 2.24) is 10.2 Å². The molecule has 1 aromatic heterocycles. The van der Waals surface area contributed by atoms with Gasteiger partial charge in [-0.15, -0.1) is 0 Å². The van der Waals surface area contributed by atoms with Crippen molar-refractivity contribution in [2.75, 3.05) is 13.2 Å². The Morgan fingerprint density at radius 1 is 1.59 bits per heavy atom. The van der Waals surface area contributed by atoms with E-state index in [2.05, 4.69) is 10.2 Å². The topological polar surface area (TPSA) is 48.6 Å². The standard InChI is InChI=1S/C12H18N2O2S/c15-9-10-4-1-2-6-14(10)12(17)13-8-11-5-3-7-16-11/h3,5,7,10,15H,1-2,4,6,8-9H2,(H,13,17)/t10-/m1/s1. The maximum absolute atomic E-state index is 9.31. The zero-order chi connectivity index (χ0) is 12.1. The van der Waals surface area contributed by atoms with Crippen molar-refractivity contribution in [1.29, 1.82) is 0 Å². The van der Waals surface area contributed by atoms with Crippen LogP contribution < -0.4 is 5.32 Å². The summed E-state index contributed by atoms with van der Waals surface area (Å²) in [6.07, 6.45) is 4.97. The van der Waals surface area contributed by atoms with Gasteiger partial charge in [0.2, 0.25) is 0 Å². The third-order valence-electron chi connectivity index (χ3n) is 3.09. The van der Waals surface area contributed by atoms with E-state index >= 15 is 0 Å². The quantitative estimate of drug-likeness (QED) is 0.801. The van der Waals surface area contributed by atoms with Crippen molar-refractivity contribution in [2.45, 2.75) is 31.8 Å². The van der Waals surface area contributed by atoms with E-state index in [0.717, 1.165) is 25.1 Å². The van der Waals surface area contributed by atoms with Crippen molar-refractivity contribution < 1.29 is 9.52 Å². The predicted molar refractivity (Wildman–Crippen MR) is 69.6 cm³/mol. The SMILES string of the molecule is OC[C@H]1CCCCN1C(=S)NCc1ccco1. The number of furan rings is 1. The van der Waals surface area contributed by atoms with Gasteiger partial charge in [0.25, 0.3) is 0 Å². The highest BCUT2D eigenvalue weighted by Gasteiger charge is 2.23. The monoisotopic (exact) mass is 254 g/mol. The molecule has 1 saturated heterocycles. The molecule has 0 spiro atoms. The summed E-state index contributed by atoms with van der Waals surface area (Å²) < 4.78 is 5.23. The molecule has 0 saturated carbocycles. The van der Waals surface area contributed by atoms with Crippen molar-refractivity contribution in [2.24, 2.45) is 0 Å². The van der Waals surface area contributed by atoms with Gasteiger partial charge >= 0.3 is 0 Å². The number of hydrogen-bond donors (Lipinski definition) is 2. The molecule has 1 aliphatic heterocycles. The van der Waals surface area contributed by atoms with E-state index in [0.29, 0.717) is 11.7 Å². The molecule has 4 nitrogen and oxygen atoms in total. The molecule has 2 rings (SSSR count). The molecule has 0 amide bonds. The van der Waals surface area contributed by atoms with Gasteiger partial charge in [0.15, 0.2) is 5.11 Å². The number of aliphatic hydroxyl groups is 1. The maximum Gasteiger partial charge on any atom is 0.169 e. The van der Waals surface area contributed by atoms with Crippen molar-refractivity contribution in [3.05, 3.63) is 24.2 Å². The Balaban J connectivity index is 1.85. The Morgan fingerprint density at radius 3 is 3.18 bits per heavy atom. The van der Waals surface area contributed by atoms with E-state index in [1.807, 2.05) is 12.1 Å². The van der Waals surface area contributed by atoms with Gasteiger partial charge in [-0.25, -0.2) is 0 Å². The number of hydrogen-bond acceptors (Lipinski definition) is 3. The first-order valence-electron chi connectivity index (χ1n) is 5.99. The second-order valence-electron chi connectivity index (χ2n) is 4.26. The second-order valence-corrected chi connectivity index (χ2v) is 4.65. The fourth-order valence-electron chi connectivity index (χ4n) is 2.14. The summed E-state index contributed by atoms with van der Waals surface area (Å²) in [7, 11) is 0. The molecular formula is C12H18N2O2S. The first-order valence-corrected chi connectivity index (χ1v) is 6.40. The fraction of sp³-hybridized carbons (Fsp3) is 0.583. The summed E-state index contributed by atoms with van der Waals surface area (Å²) in [5, 5.41) is 13.2. The fourth-order valence-corrected chi connectivity index (χ4v) is 2.45. The summed E-state index contributed by atoms with van der Waals surface area (Å²) in [5.41, 5.74) is 0. The normalized spacial score (nSPS) is 20.3. The van der Waals surface area contributed by atoms with Gasteiger partial charge in [-0.1, -0.05) is 0 Å². The molecule has 0 radical (unpaired) electrons. The molecule has 0 aromatic carbocycles. The van der Waals surface area contributed by atoms with Crippen LogP contribution in [0.15, 0.2) is 22.8 Å². The van der Waals surface area contributed by atoms with Crippen LogP contribution in [-0.4, -0.2) is 34.3 Å². The molecule has 2 heterocycles. The van der Waals surface area contributed by atoms with Crippen LogP contribution in [0, 0.1) is 0 Å². The number of nitrogens with one attached hydrogen (secondary N) is 1. The lowest BCUT2D eigenvalue weighted by Gasteiger charge is -2.36. The molecule has 0 unspecified atom stereocenters. The highest BCUT2D eigenvalue weighted by atomic mass is 32.1. The number of piperidine rings is 1. The Hall–Kier alpha value is -1.07. The van der Waals surface area contributed by atoms with E-state index in [-0.39, 0.29) is 12.6 Å². The van der Waals surface area contributed by atoms with Gasteiger partial charge in [-0.05, 0) is 43.6 Å². The molecule has 17 heavy (non-hydrogen) atoms. The third-order valence-corrected chi connectivity index (χ3v) is 3.47. The van der Waals surface area contributed by atoms with Crippen LogP contribution in [0.25, 0.3) is 0 Å². The summed E-state index contributed by atoms with van der Waals surface area (Å²) in [4.78, 5) is 2.09. The molecule has 2 N–H and O–H groups in total. The third kappa shape index (κ3) is 3.20. The Kier molecular flexibility index (Phi) is 4.39. The Bertz CT molecular complexity index is 353. The minimum Gasteiger partial charge on any atom is -0.467 e. The summed E-state index contributed by atoms with van der Waals surface area (Å²) in [5.74, 6) is 0.866. The number of rotatable bonds is 3. The molecular weight excluding hydrogens is 236 g/mol. The number of aliphatic hydroxyl groups excluding tert-OH is 1. The highest BCUT2D eigenvalue weighted by molar-refractivity contribution is 7.80. The highest BCUT2D eigenvalue weighted by Crippen LogP contribution is 2.16.